The van der Waals surface area contributed by atoms with Crippen LogP contribution in [0.2, 0.25) is 0 Å². The Hall–Kier alpha value is -4.02. The van der Waals surface area contributed by atoms with Gasteiger partial charge < -0.3 is 10.5 Å². The number of nitrogens with two attached hydrogens (primary N) is 1. The highest BCUT2D eigenvalue weighted by Crippen LogP contribution is 2.39. The molecule has 0 fully saturated rings. The summed E-state index contributed by atoms with van der Waals surface area (Å²) in [4.78, 5) is 12.5. The highest BCUT2D eigenvalue weighted by molar-refractivity contribution is 5.85. The number of halogens is 3. The van der Waals surface area contributed by atoms with Crippen molar-refractivity contribution in [2.45, 2.75) is 46.8 Å². The number of anilines is 1. The number of rotatable bonds is 8. The molecule has 4 rings (SSSR count). The predicted octanol–water partition coefficient (Wildman–Crippen LogP) is 4.93. The van der Waals surface area contributed by atoms with Crippen LogP contribution in [0.15, 0.2) is 36.4 Å². The number of benzene rings is 1. The molecule has 0 aliphatic heterocycles. The van der Waals surface area contributed by atoms with E-state index in [1.54, 1.807) is 17.7 Å². The summed E-state index contributed by atoms with van der Waals surface area (Å²) in [7, 11) is 0. The van der Waals surface area contributed by atoms with Crippen molar-refractivity contribution >= 4 is 5.95 Å². The van der Waals surface area contributed by atoms with Crippen molar-refractivity contribution in [1.29, 1.82) is 0 Å². The average molecular weight is 483 g/mol. The Morgan fingerprint density at radius 3 is 2.43 bits per heavy atom. The Labute approximate surface area is 200 Å². The Morgan fingerprint density at radius 2 is 1.77 bits per heavy atom. The lowest BCUT2D eigenvalue weighted by molar-refractivity contribution is 0.146. The van der Waals surface area contributed by atoms with Gasteiger partial charge in [0.1, 0.15) is 23.8 Å². The standard InChI is InChI=1S/C24H24F3N7O/c1-4-19-18(32-33-34(19)5-2)12-35-23-20(15-10-13(3)29-17(11-15)22(26)27)21(30-24(28)31-23)14-6-8-16(25)9-7-14/h6-11,22H,4-5,12H2,1-3H3,(H2,28,30,31). The van der Waals surface area contributed by atoms with Gasteiger partial charge in [0.15, 0.2) is 0 Å². The van der Waals surface area contributed by atoms with Gasteiger partial charge in [-0.25, -0.2) is 22.8 Å². The van der Waals surface area contributed by atoms with Crippen LogP contribution in [0.25, 0.3) is 22.4 Å². The molecule has 0 saturated carbocycles. The molecule has 182 valence electrons. The molecule has 0 aliphatic rings. The van der Waals surface area contributed by atoms with Crippen LogP contribution in [0.1, 0.15) is 43.0 Å². The molecule has 4 aromatic rings. The van der Waals surface area contributed by atoms with E-state index < -0.39 is 17.9 Å². The lowest BCUT2D eigenvalue weighted by atomic mass is 9.99. The molecule has 3 aromatic heterocycles. The third-order valence-corrected chi connectivity index (χ3v) is 5.39. The van der Waals surface area contributed by atoms with Gasteiger partial charge >= 0.3 is 0 Å². The van der Waals surface area contributed by atoms with E-state index in [9.17, 15) is 13.2 Å². The lowest BCUT2D eigenvalue weighted by Gasteiger charge is -2.16. The van der Waals surface area contributed by atoms with Crippen molar-refractivity contribution in [1.82, 2.24) is 29.9 Å². The molecule has 8 nitrogen and oxygen atoms in total. The smallest absolute Gasteiger partial charge is 0.280 e. The van der Waals surface area contributed by atoms with Crippen molar-refractivity contribution in [2.75, 3.05) is 5.73 Å². The molecule has 0 spiro atoms. The van der Waals surface area contributed by atoms with E-state index >= 15 is 0 Å². The number of hydrogen-bond donors (Lipinski definition) is 1. The first kappa shape index (κ1) is 24.1. The first-order valence-corrected chi connectivity index (χ1v) is 11.0. The summed E-state index contributed by atoms with van der Waals surface area (Å²) >= 11 is 0. The van der Waals surface area contributed by atoms with Crippen molar-refractivity contribution < 1.29 is 17.9 Å². The second-order valence-corrected chi connectivity index (χ2v) is 7.78. The van der Waals surface area contributed by atoms with Gasteiger partial charge in [-0.3, -0.25) is 4.98 Å². The molecule has 0 saturated heterocycles. The van der Waals surface area contributed by atoms with Gasteiger partial charge in [-0.2, -0.15) is 4.98 Å². The molecule has 11 heteroatoms. The number of nitrogens with zero attached hydrogens (tertiary/aromatic N) is 6. The topological polar surface area (TPSA) is 105 Å². The third-order valence-electron chi connectivity index (χ3n) is 5.39. The van der Waals surface area contributed by atoms with Crippen molar-refractivity contribution in [2.24, 2.45) is 0 Å². The van der Waals surface area contributed by atoms with Gasteiger partial charge in [0.25, 0.3) is 6.43 Å². The van der Waals surface area contributed by atoms with Crippen LogP contribution in [0, 0.1) is 12.7 Å². The van der Waals surface area contributed by atoms with Gasteiger partial charge in [-0.1, -0.05) is 12.1 Å². The van der Waals surface area contributed by atoms with E-state index in [4.69, 9.17) is 10.5 Å². The molecule has 35 heavy (non-hydrogen) atoms. The van der Waals surface area contributed by atoms with Gasteiger partial charge in [0.05, 0.1) is 17.0 Å². The maximum Gasteiger partial charge on any atom is 0.280 e. The van der Waals surface area contributed by atoms with Crippen LogP contribution >= 0.6 is 0 Å². The second-order valence-electron chi connectivity index (χ2n) is 7.78. The predicted molar refractivity (Wildman–Crippen MR) is 124 cm³/mol. The second kappa shape index (κ2) is 10.1. The summed E-state index contributed by atoms with van der Waals surface area (Å²) in [5, 5.41) is 8.34. The molecule has 0 bridgehead atoms. The maximum atomic E-state index is 13.6. The van der Waals surface area contributed by atoms with Crippen LogP contribution in [0.5, 0.6) is 5.88 Å². The fraction of sp³-hybridized carbons (Fsp3) is 0.292. The van der Waals surface area contributed by atoms with Crippen LogP contribution in [0.3, 0.4) is 0 Å². The van der Waals surface area contributed by atoms with Crippen LogP contribution in [-0.4, -0.2) is 29.9 Å². The van der Waals surface area contributed by atoms with E-state index in [-0.39, 0.29) is 18.4 Å². The van der Waals surface area contributed by atoms with Crippen molar-refractivity contribution in [3.63, 3.8) is 0 Å². The fourth-order valence-corrected chi connectivity index (χ4v) is 3.85. The molecule has 0 atom stereocenters. The molecule has 0 aliphatic carbocycles. The molecular formula is C24H24F3N7O. The van der Waals surface area contributed by atoms with Gasteiger partial charge in [-0.05, 0) is 62.2 Å². The summed E-state index contributed by atoms with van der Waals surface area (Å²) in [6.07, 6.45) is -2.08. The molecule has 0 unspecified atom stereocenters. The minimum atomic E-state index is -2.78. The molecule has 3 heterocycles. The molecule has 0 amide bonds. The maximum absolute atomic E-state index is 13.6. The summed E-state index contributed by atoms with van der Waals surface area (Å²) in [6.45, 7) is 6.25. The Morgan fingerprint density at radius 1 is 1.03 bits per heavy atom. The normalized spacial score (nSPS) is 11.3. The number of alkyl halides is 2. The third kappa shape index (κ3) is 5.08. The first-order chi connectivity index (χ1) is 16.8. The highest BCUT2D eigenvalue weighted by atomic mass is 19.3. The monoisotopic (exact) mass is 483 g/mol. The summed E-state index contributed by atoms with van der Waals surface area (Å²) in [6, 6.07) is 8.49. The van der Waals surface area contributed by atoms with Crippen molar-refractivity contribution in [3.8, 4) is 28.3 Å². The summed E-state index contributed by atoms with van der Waals surface area (Å²) in [5.41, 5.74) is 9.04. The van der Waals surface area contributed by atoms with E-state index in [1.165, 1.54) is 30.3 Å². The van der Waals surface area contributed by atoms with Crippen molar-refractivity contribution in [3.05, 3.63) is 65.0 Å². The SMILES string of the molecule is CCc1c(COc2nc(N)nc(-c3ccc(F)cc3)c2-c2cc(C)nc(C(F)F)c2)nnn1CC. The van der Waals surface area contributed by atoms with E-state index in [1.807, 2.05) is 13.8 Å². The number of pyridine rings is 1. The largest absolute Gasteiger partial charge is 0.470 e. The van der Waals surface area contributed by atoms with Crippen LogP contribution < -0.4 is 10.5 Å². The summed E-state index contributed by atoms with van der Waals surface area (Å²) < 4.78 is 48.6. The number of aryl methyl sites for hydroxylation is 2. The van der Waals surface area contributed by atoms with Gasteiger partial charge in [-0.15, -0.1) is 5.10 Å². The zero-order chi connectivity index (χ0) is 25.1. The van der Waals surface area contributed by atoms with Gasteiger partial charge in [0, 0.05) is 17.8 Å². The molecule has 0 radical (unpaired) electrons. The fourth-order valence-electron chi connectivity index (χ4n) is 3.85. The zero-order valence-electron chi connectivity index (χ0n) is 19.5. The number of ether oxygens (including phenoxy) is 1. The Bertz CT molecular complexity index is 1340. The van der Waals surface area contributed by atoms with Gasteiger partial charge in [0.2, 0.25) is 11.8 Å². The summed E-state index contributed by atoms with van der Waals surface area (Å²) in [5.74, 6) is -0.439. The minimum Gasteiger partial charge on any atom is -0.470 e. The van der Waals surface area contributed by atoms with Crippen LogP contribution in [-0.2, 0) is 19.6 Å². The Balaban J connectivity index is 1.88. The molecule has 1 aromatic carbocycles. The average Bonchev–Trinajstić information content (AvgIpc) is 3.24. The number of hydrogen-bond acceptors (Lipinski definition) is 7. The zero-order valence-corrected chi connectivity index (χ0v) is 19.5. The number of nitrogen functional groups attached to an aromatic ring is 1. The lowest BCUT2D eigenvalue weighted by Crippen LogP contribution is -2.08. The number of aromatic nitrogens is 6. The quantitative estimate of drug-likeness (QED) is 0.379. The van der Waals surface area contributed by atoms with E-state index in [0.29, 0.717) is 46.7 Å². The Kier molecular flexibility index (Phi) is 6.94. The van der Waals surface area contributed by atoms with E-state index in [0.717, 1.165) is 5.69 Å². The first-order valence-electron chi connectivity index (χ1n) is 11.0. The molecular weight excluding hydrogens is 459 g/mol. The minimum absolute atomic E-state index is 0.0290. The molecule has 2 N–H and O–H groups in total. The van der Waals surface area contributed by atoms with E-state index in [2.05, 4.69) is 25.3 Å². The van der Waals surface area contributed by atoms with Crippen LogP contribution in [0.4, 0.5) is 19.1 Å². The highest BCUT2D eigenvalue weighted by Gasteiger charge is 2.22.